The molecule has 5 rings (SSSR count). The monoisotopic (exact) mass is 484 g/mol. The molecule has 1 N–H and O–H groups in total. The van der Waals surface area contributed by atoms with E-state index in [1.54, 1.807) is 13.0 Å². The van der Waals surface area contributed by atoms with Gasteiger partial charge in [-0.25, -0.2) is 19.2 Å². The number of aromatic nitrogens is 2. The lowest BCUT2D eigenvalue weighted by molar-refractivity contribution is -0.129. The van der Waals surface area contributed by atoms with Gasteiger partial charge in [-0.2, -0.15) is 0 Å². The van der Waals surface area contributed by atoms with Gasteiger partial charge in [0, 0.05) is 50.0 Å². The molecule has 36 heavy (non-hydrogen) atoms. The number of piperazine rings is 1. The van der Waals surface area contributed by atoms with Crippen molar-refractivity contribution in [2.45, 2.75) is 20.3 Å². The van der Waals surface area contributed by atoms with E-state index in [1.165, 1.54) is 6.33 Å². The number of rotatable bonds is 5. The fourth-order valence-electron chi connectivity index (χ4n) is 4.51. The maximum absolute atomic E-state index is 15.0. The Hall–Kier alpha value is -4.45. The first-order chi connectivity index (χ1) is 17.4. The fraction of sp³-hybridized carbons (Fsp3) is 0.259. The second kappa shape index (κ2) is 9.66. The summed E-state index contributed by atoms with van der Waals surface area (Å²) in [6.45, 7) is 14.2. The molecule has 0 radical (unpaired) electrons. The number of halogens is 1. The van der Waals surface area contributed by atoms with Gasteiger partial charge in [0.25, 0.3) is 5.69 Å². The van der Waals surface area contributed by atoms with Gasteiger partial charge in [0.05, 0.1) is 6.57 Å². The normalized spacial score (nSPS) is 14.7. The van der Waals surface area contributed by atoms with Gasteiger partial charge >= 0.3 is 0 Å². The predicted octanol–water partition coefficient (Wildman–Crippen LogP) is 5.33. The number of benzene rings is 2. The van der Waals surface area contributed by atoms with Crippen molar-refractivity contribution in [3.63, 3.8) is 0 Å². The SMILES string of the molecule is [C-]#[N+]c1c(Nc2ccc(N3CCN(C(C)=O)CC3)cc2)ncnc1Oc1ccc2c(c1F)C=C(C)C2. The van der Waals surface area contributed by atoms with Gasteiger partial charge in [-0.05, 0) is 49.2 Å². The first-order valence-corrected chi connectivity index (χ1v) is 11.7. The van der Waals surface area contributed by atoms with Gasteiger partial charge < -0.3 is 19.9 Å². The lowest BCUT2D eigenvalue weighted by atomic mass is 10.1. The molecule has 0 unspecified atom stereocenters. The topological polar surface area (TPSA) is 75.0 Å². The van der Waals surface area contributed by atoms with Crippen molar-refractivity contribution in [2.24, 2.45) is 0 Å². The number of allylic oxidation sites excluding steroid dienone is 1. The molecule has 2 aliphatic rings. The molecule has 1 aliphatic carbocycles. The summed E-state index contributed by atoms with van der Waals surface area (Å²) in [4.78, 5) is 27.5. The molecule has 0 saturated carbocycles. The van der Waals surface area contributed by atoms with Crippen LogP contribution in [0.5, 0.6) is 11.6 Å². The molecule has 0 spiro atoms. The summed E-state index contributed by atoms with van der Waals surface area (Å²) in [6.07, 6.45) is 3.81. The second-order valence-corrected chi connectivity index (χ2v) is 8.87. The Kier molecular flexibility index (Phi) is 6.25. The van der Waals surface area contributed by atoms with Crippen LogP contribution in [0.1, 0.15) is 25.0 Å². The second-order valence-electron chi connectivity index (χ2n) is 8.87. The first kappa shape index (κ1) is 23.3. The third-order valence-electron chi connectivity index (χ3n) is 6.42. The summed E-state index contributed by atoms with van der Waals surface area (Å²) < 4.78 is 20.8. The van der Waals surface area contributed by atoms with Gasteiger partial charge in [-0.15, -0.1) is 0 Å². The van der Waals surface area contributed by atoms with Gasteiger partial charge in [-0.3, -0.25) is 4.79 Å². The van der Waals surface area contributed by atoms with Crippen LogP contribution in [0.4, 0.5) is 27.3 Å². The molecule has 8 nitrogen and oxygen atoms in total. The number of nitrogens with one attached hydrogen (secondary N) is 1. The number of ether oxygens (including phenoxy) is 1. The highest BCUT2D eigenvalue weighted by Crippen LogP contribution is 2.39. The van der Waals surface area contributed by atoms with Gasteiger partial charge in [0.1, 0.15) is 12.1 Å². The lowest BCUT2D eigenvalue weighted by Gasteiger charge is -2.35. The molecule has 1 aliphatic heterocycles. The number of fused-ring (bicyclic) bond motifs is 1. The van der Waals surface area contributed by atoms with Crippen molar-refractivity contribution < 1.29 is 13.9 Å². The number of anilines is 3. The van der Waals surface area contributed by atoms with E-state index in [2.05, 4.69) is 25.0 Å². The number of amides is 1. The summed E-state index contributed by atoms with van der Waals surface area (Å²) in [5.41, 5.74) is 4.37. The Morgan fingerprint density at radius 1 is 1.11 bits per heavy atom. The highest BCUT2D eigenvalue weighted by molar-refractivity contribution is 5.76. The smallest absolute Gasteiger partial charge is 0.288 e. The molecule has 1 fully saturated rings. The summed E-state index contributed by atoms with van der Waals surface area (Å²) in [5.74, 6) is -0.0874. The molecule has 3 aromatic rings. The van der Waals surface area contributed by atoms with E-state index < -0.39 is 5.82 Å². The molecule has 2 heterocycles. The minimum Gasteiger partial charge on any atom is -0.446 e. The third-order valence-corrected chi connectivity index (χ3v) is 6.42. The van der Waals surface area contributed by atoms with Crippen molar-refractivity contribution in [2.75, 3.05) is 36.4 Å². The molecule has 182 valence electrons. The lowest BCUT2D eigenvalue weighted by Crippen LogP contribution is -2.48. The van der Waals surface area contributed by atoms with E-state index in [0.29, 0.717) is 18.7 Å². The molecular weight excluding hydrogens is 459 g/mol. The van der Waals surface area contributed by atoms with Gasteiger partial charge in [0.15, 0.2) is 11.6 Å². The van der Waals surface area contributed by atoms with E-state index in [1.807, 2.05) is 48.2 Å². The van der Waals surface area contributed by atoms with Crippen molar-refractivity contribution in [1.29, 1.82) is 0 Å². The van der Waals surface area contributed by atoms with Crippen LogP contribution < -0.4 is 15.0 Å². The minimum atomic E-state index is -0.465. The zero-order valence-electron chi connectivity index (χ0n) is 20.1. The van der Waals surface area contributed by atoms with Crippen LogP contribution in [0.15, 0.2) is 48.3 Å². The van der Waals surface area contributed by atoms with Crippen LogP contribution in [0.25, 0.3) is 10.9 Å². The van der Waals surface area contributed by atoms with Crippen LogP contribution in [0, 0.1) is 12.4 Å². The minimum absolute atomic E-state index is 0.0139. The maximum Gasteiger partial charge on any atom is 0.288 e. The predicted molar refractivity (Wildman–Crippen MR) is 136 cm³/mol. The molecule has 0 atom stereocenters. The fourth-order valence-corrected chi connectivity index (χ4v) is 4.51. The maximum atomic E-state index is 15.0. The summed E-state index contributed by atoms with van der Waals surface area (Å²) in [5, 5.41) is 3.14. The van der Waals surface area contributed by atoms with Crippen LogP contribution in [0.2, 0.25) is 0 Å². The molecule has 1 saturated heterocycles. The Labute approximate surface area is 208 Å². The number of carbonyl (C=O) groups excluding carboxylic acids is 1. The molecule has 1 amide bonds. The Morgan fingerprint density at radius 2 is 1.86 bits per heavy atom. The highest BCUT2D eigenvalue weighted by atomic mass is 19.1. The van der Waals surface area contributed by atoms with Crippen LogP contribution in [0.3, 0.4) is 0 Å². The van der Waals surface area contributed by atoms with E-state index in [4.69, 9.17) is 11.3 Å². The van der Waals surface area contributed by atoms with Crippen molar-refractivity contribution in [1.82, 2.24) is 14.9 Å². The van der Waals surface area contributed by atoms with Crippen molar-refractivity contribution in [3.05, 3.63) is 76.7 Å². The zero-order chi connectivity index (χ0) is 25.2. The van der Waals surface area contributed by atoms with Crippen LogP contribution in [-0.4, -0.2) is 47.0 Å². The van der Waals surface area contributed by atoms with Crippen LogP contribution >= 0.6 is 0 Å². The van der Waals surface area contributed by atoms with Crippen molar-refractivity contribution in [3.8, 4) is 11.6 Å². The quantitative estimate of drug-likeness (QED) is 0.494. The summed E-state index contributed by atoms with van der Waals surface area (Å²) in [6, 6.07) is 11.2. The average molecular weight is 485 g/mol. The number of nitrogens with zero attached hydrogens (tertiary/aromatic N) is 5. The standard InChI is InChI=1S/C27H25FN6O2/c1-17-14-19-4-9-23(24(28)22(19)15-17)36-27-25(29-3)26(30-16-31-27)32-20-5-7-21(8-6-20)34-12-10-33(11-13-34)18(2)35/h4-9,15-16H,10-14H2,1-2H3,(H,30,31,32). The Balaban J connectivity index is 1.32. The molecule has 1 aromatic heterocycles. The van der Waals surface area contributed by atoms with E-state index in [0.717, 1.165) is 42.0 Å². The summed E-state index contributed by atoms with van der Waals surface area (Å²) >= 11 is 0. The van der Waals surface area contributed by atoms with E-state index in [-0.39, 0.29) is 29.0 Å². The van der Waals surface area contributed by atoms with Gasteiger partial charge in [-0.1, -0.05) is 17.7 Å². The molecule has 9 heteroatoms. The Morgan fingerprint density at radius 3 is 2.56 bits per heavy atom. The number of carbonyl (C=O) groups is 1. The first-order valence-electron chi connectivity index (χ1n) is 11.7. The largest absolute Gasteiger partial charge is 0.446 e. The number of hydrogen-bond acceptors (Lipinski definition) is 6. The van der Waals surface area contributed by atoms with E-state index >= 15 is 4.39 Å². The number of hydrogen-bond donors (Lipinski definition) is 1. The average Bonchev–Trinajstić information content (AvgIpc) is 3.27. The summed E-state index contributed by atoms with van der Waals surface area (Å²) in [7, 11) is 0. The van der Waals surface area contributed by atoms with Gasteiger partial charge in [0.2, 0.25) is 11.8 Å². The third kappa shape index (κ3) is 4.58. The molecule has 2 aromatic carbocycles. The molecular formula is C27H25FN6O2. The zero-order valence-corrected chi connectivity index (χ0v) is 20.1. The van der Waals surface area contributed by atoms with E-state index in [9.17, 15) is 4.79 Å². The highest BCUT2D eigenvalue weighted by Gasteiger charge is 2.21. The van der Waals surface area contributed by atoms with Crippen molar-refractivity contribution >= 4 is 34.9 Å². The Bertz CT molecular complexity index is 1390. The van der Waals surface area contributed by atoms with Crippen LogP contribution in [-0.2, 0) is 11.2 Å². The molecule has 0 bridgehead atoms.